The summed E-state index contributed by atoms with van der Waals surface area (Å²) in [6, 6.07) is 1.15. The molecule has 0 aliphatic rings. The van der Waals surface area contributed by atoms with Crippen LogP contribution in [0.1, 0.15) is 6.42 Å². The molecule has 1 aromatic carbocycles. The van der Waals surface area contributed by atoms with Crippen molar-refractivity contribution in [2.45, 2.75) is 11.3 Å². The van der Waals surface area contributed by atoms with Crippen molar-refractivity contribution in [3.05, 3.63) is 40.7 Å². The fourth-order valence-corrected chi connectivity index (χ4v) is 2.12. The molecule has 0 bridgehead atoms. The summed E-state index contributed by atoms with van der Waals surface area (Å²) in [5.74, 6) is -1.58. The standard InChI is InChI=1S/C10H9ClFNO5S/c1-2-3-4-18-9-5-7(12)10(19(11,16)17)6-8(9)13(14)15/h2,5-6H,1,3-4H2. The minimum atomic E-state index is -4.41. The van der Waals surface area contributed by atoms with E-state index in [2.05, 4.69) is 6.58 Å². The Hall–Kier alpha value is -1.67. The third-order valence-electron chi connectivity index (χ3n) is 2.05. The molecule has 0 amide bonds. The Kier molecular flexibility index (Phi) is 4.84. The third kappa shape index (κ3) is 3.90. The van der Waals surface area contributed by atoms with Crippen LogP contribution >= 0.6 is 10.7 Å². The molecule has 1 aromatic rings. The number of ether oxygens (including phenoxy) is 1. The Balaban J connectivity index is 3.29. The van der Waals surface area contributed by atoms with E-state index in [4.69, 9.17) is 15.4 Å². The van der Waals surface area contributed by atoms with Crippen molar-refractivity contribution >= 4 is 25.4 Å². The van der Waals surface area contributed by atoms with Gasteiger partial charge in [0.2, 0.25) is 0 Å². The minimum absolute atomic E-state index is 0.0523. The first-order valence-corrected chi connectivity index (χ1v) is 7.24. The third-order valence-corrected chi connectivity index (χ3v) is 3.39. The van der Waals surface area contributed by atoms with Crippen LogP contribution in [0.5, 0.6) is 5.75 Å². The van der Waals surface area contributed by atoms with E-state index in [0.717, 1.165) is 0 Å². The maximum Gasteiger partial charge on any atom is 0.312 e. The van der Waals surface area contributed by atoms with Gasteiger partial charge in [0.15, 0.2) is 5.75 Å². The summed E-state index contributed by atoms with van der Waals surface area (Å²) >= 11 is 0. The molecule has 0 aromatic heterocycles. The number of hydrogen-bond donors (Lipinski definition) is 0. The first-order chi connectivity index (χ1) is 8.77. The predicted molar refractivity (Wildman–Crippen MR) is 66.4 cm³/mol. The van der Waals surface area contributed by atoms with Gasteiger partial charge in [0.25, 0.3) is 9.05 Å². The number of benzene rings is 1. The van der Waals surface area contributed by atoms with Crippen molar-refractivity contribution in [3.8, 4) is 5.75 Å². The van der Waals surface area contributed by atoms with Gasteiger partial charge in [-0.2, -0.15) is 0 Å². The molecule has 6 nitrogen and oxygen atoms in total. The zero-order chi connectivity index (χ0) is 14.6. The molecule has 0 spiro atoms. The van der Waals surface area contributed by atoms with Crippen LogP contribution in [0.15, 0.2) is 29.7 Å². The Bertz CT molecular complexity index is 617. The lowest BCUT2D eigenvalue weighted by Gasteiger charge is -2.07. The monoisotopic (exact) mass is 309 g/mol. The summed E-state index contributed by atoms with van der Waals surface area (Å²) in [7, 11) is 0.565. The highest BCUT2D eigenvalue weighted by molar-refractivity contribution is 8.13. The first kappa shape index (κ1) is 15.4. The highest BCUT2D eigenvalue weighted by Gasteiger charge is 2.25. The lowest BCUT2D eigenvalue weighted by atomic mass is 10.3. The van der Waals surface area contributed by atoms with Crippen LogP contribution in [0.3, 0.4) is 0 Å². The molecular formula is C10H9ClFNO5S. The summed E-state index contributed by atoms with van der Waals surface area (Å²) in [5.41, 5.74) is -0.676. The number of nitro groups is 1. The topological polar surface area (TPSA) is 86.5 Å². The van der Waals surface area contributed by atoms with E-state index in [1.165, 1.54) is 6.08 Å². The molecule has 1 rings (SSSR count). The SMILES string of the molecule is C=CCCOc1cc(F)c(S(=O)(=O)Cl)cc1[N+](=O)[O-]. The van der Waals surface area contributed by atoms with Crippen LogP contribution in [0.25, 0.3) is 0 Å². The second-order valence-electron chi connectivity index (χ2n) is 3.37. The quantitative estimate of drug-likeness (QED) is 0.265. The fraction of sp³-hybridized carbons (Fsp3) is 0.200. The van der Waals surface area contributed by atoms with E-state index in [1.54, 1.807) is 0 Å². The lowest BCUT2D eigenvalue weighted by Crippen LogP contribution is -2.03. The molecular weight excluding hydrogens is 301 g/mol. The van der Waals surface area contributed by atoms with Crippen molar-refractivity contribution in [2.24, 2.45) is 0 Å². The van der Waals surface area contributed by atoms with Gasteiger partial charge in [-0.25, -0.2) is 12.8 Å². The van der Waals surface area contributed by atoms with Gasteiger partial charge in [0.1, 0.15) is 10.7 Å². The van der Waals surface area contributed by atoms with Gasteiger partial charge in [0, 0.05) is 22.8 Å². The molecule has 0 heterocycles. The zero-order valence-corrected chi connectivity index (χ0v) is 11.1. The number of nitrogens with zero attached hydrogens (tertiary/aromatic N) is 1. The van der Waals surface area contributed by atoms with Crippen molar-refractivity contribution < 1.29 is 22.5 Å². The first-order valence-electron chi connectivity index (χ1n) is 4.93. The average molecular weight is 310 g/mol. The smallest absolute Gasteiger partial charge is 0.312 e. The van der Waals surface area contributed by atoms with Crippen molar-refractivity contribution in [3.63, 3.8) is 0 Å². The molecule has 0 saturated heterocycles. The average Bonchev–Trinajstić information content (AvgIpc) is 2.27. The Morgan fingerprint density at radius 1 is 1.53 bits per heavy atom. The van der Waals surface area contributed by atoms with Gasteiger partial charge >= 0.3 is 5.69 Å². The van der Waals surface area contributed by atoms with Gasteiger partial charge in [-0.3, -0.25) is 10.1 Å². The van der Waals surface area contributed by atoms with Crippen molar-refractivity contribution in [2.75, 3.05) is 6.61 Å². The number of rotatable bonds is 6. The lowest BCUT2D eigenvalue weighted by molar-refractivity contribution is -0.386. The normalized spacial score (nSPS) is 11.1. The van der Waals surface area contributed by atoms with Crippen molar-refractivity contribution in [1.29, 1.82) is 0 Å². The summed E-state index contributed by atoms with van der Waals surface area (Å²) in [5, 5.41) is 10.8. The maximum absolute atomic E-state index is 13.5. The van der Waals surface area contributed by atoms with Gasteiger partial charge in [0.05, 0.1) is 11.5 Å². The maximum atomic E-state index is 13.5. The molecule has 9 heteroatoms. The largest absolute Gasteiger partial charge is 0.486 e. The molecule has 0 unspecified atom stereocenters. The Morgan fingerprint density at radius 3 is 2.63 bits per heavy atom. The molecule has 0 fully saturated rings. The van der Waals surface area contributed by atoms with Gasteiger partial charge < -0.3 is 4.74 Å². The summed E-state index contributed by atoms with van der Waals surface area (Å²) < 4.78 is 40.6. The molecule has 0 N–H and O–H groups in total. The molecule has 0 aliphatic carbocycles. The Labute approximate surface area is 113 Å². The van der Waals surface area contributed by atoms with Crippen molar-refractivity contribution in [1.82, 2.24) is 0 Å². The van der Waals surface area contributed by atoms with E-state index < -0.39 is 30.4 Å². The molecule has 0 aliphatic heterocycles. The van der Waals surface area contributed by atoms with Crippen LogP contribution in [-0.4, -0.2) is 19.9 Å². The summed E-state index contributed by atoms with van der Waals surface area (Å²) in [6.45, 7) is 3.48. The van der Waals surface area contributed by atoms with E-state index in [9.17, 15) is 22.9 Å². The van der Waals surface area contributed by atoms with Crippen LogP contribution in [0, 0.1) is 15.9 Å². The second kappa shape index (κ2) is 5.98. The van der Waals surface area contributed by atoms with E-state index in [0.29, 0.717) is 18.6 Å². The minimum Gasteiger partial charge on any atom is -0.486 e. The molecule has 0 atom stereocenters. The number of halogens is 2. The predicted octanol–water partition coefficient (Wildman–Crippen LogP) is 2.62. The van der Waals surface area contributed by atoms with Crippen LogP contribution in [0.4, 0.5) is 10.1 Å². The number of hydrogen-bond acceptors (Lipinski definition) is 5. The summed E-state index contributed by atoms with van der Waals surface area (Å²) in [4.78, 5) is 8.95. The molecule has 19 heavy (non-hydrogen) atoms. The zero-order valence-electron chi connectivity index (χ0n) is 9.51. The summed E-state index contributed by atoms with van der Waals surface area (Å²) in [6.07, 6.45) is 1.91. The molecule has 0 radical (unpaired) electrons. The van der Waals surface area contributed by atoms with E-state index >= 15 is 0 Å². The van der Waals surface area contributed by atoms with Crippen LogP contribution in [-0.2, 0) is 9.05 Å². The van der Waals surface area contributed by atoms with Crippen LogP contribution < -0.4 is 4.74 Å². The van der Waals surface area contributed by atoms with Gasteiger partial charge in [-0.15, -0.1) is 6.58 Å². The van der Waals surface area contributed by atoms with Gasteiger partial charge in [-0.1, -0.05) is 6.08 Å². The molecule has 0 saturated carbocycles. The van der Waals surface area contributed by atoms with Crippen LogP contribution in [0.2, 0.25) is 0 Å². The Morgan fingerprint density at radius 2 is 2.16 bits per heavy atom. The van der Waals surface area contributed by atoms with E-state index in [1.807, 2.05) is 0 Å². The fourth-order valence-electron chi connectivity index (χ4n) is 1.22. The van der Waals surface area contributed by atoms with E-state index in [-0.39, 0.29) is 12.4 Å². The van der Waals surface area contributed by atoms with Gasteiger partial charge in [-0.05, 0) is 6.42 Å². The molecule has 104 valence electrons. The highest BCUT2D eigenvalue weighted by Crippen LogP contribution is 2.33. The number of nitro benzene ring substituents is 1. The highest BCUT2D eigenvalue weighted by atomic mass is 35.7. The second-order valence-corrected chi connectivity index (χ2v) is 5.91.